The summed E-state index contributed by atoms with van der Waals surface area (Å²) in [5.41, 5.74) is 2.32. The molecule has 0 spiro atoms. The van der Waals surface area contributed by atoms with E-state index in [2.05, 4.69) is 26.0 Å². The topological polar surface area (TPSA) is 79.3 Å². The van der Waals surface area contributed by atoms with Crippen LogP contribution in [-0.2, 0) is 0 Å². The summed E-state index contributed by atoms with van der Waals surface area (Å²) in [5, 5.41) is 13.4. The van der Waals surface area contributed by atoms with Crippen molar-refractivity contribution in [3.63, 3.8) is 0 Å². The first kappa shape index (κ1) is 15.4. The number of ether oxygens (including phenoxy) is 1. The van der Waals surface area contributed by atoms with Crippen LogP contribution in [-0.4, -0.2) is 38.8 Å². The molecule has 126 valence electrons. The third-order valence-corrected chi connectivity index (χ3v) is 4.40. The number of hydrogen-bond donors (Lipinski definition) is 0. The van der Waals surface area contributed by atoms with Gasteiger partial charge in [-0.25, -0.2) is 9.50 Å². The van der Waals surface area contributed by atoms with Crippen molar-refractivity contribution in [1.29, 1.82) is 5.26 Å². The van der Waals surface area contributed by atoms with Gasteiger partial charge in [0.15, 0.2) is 5.65 Å². The van der Waals surface area contributed by atoms with E-state index in [-0.39, 0.29) is 6.10 Å². The molecule has 0 amide bonds. The highest BCUT2D eigenvalue weighted by atomic mass is 16.5. The summed E-state index contributed by atoms with van der Waals surface area (Å²) in [6.07, 6.45) is 5.41. The normalized spacial score (nSPS) is 15.3. The number of aryl methyl sites for hydroxylation is 1. The largest absolute Gasteiger partial charge is 0.474 e. The minimum Gasteiger partial charge on any atom is -0.474 e. The first-order valence-corrected chi connectivity index (χ1v) is 8.33. The number of pyridine rings is 1. The molecule has 3 aromatic rings. The molecule has 0 atom stereocenters. The average Bonchev–Trinajstić information content (AvgIpc) is 3.10. The van der Waals surface area contributed by atoms with Gasteiger partial charge in [0.25, 0.3) is 0 Å². The van der Waals surface area contributed by atoms with Crippen LogP contribution in [0, 0.1) is 18.3 Å². The van der Waals surface area contributed by atoms with Crippen LogP contribution in [0.4, 0.5) is 5.82 Å². The third-order valence-electron chi connectivity index (χ3n) is 4.40. The van der Waals surface area contributed by atoms with E-state index in [4.69, 9.17) is 4.74 Å². The minimum atomic E-state index is 0.115. The molecule has 1 saturated heterocycles. The Hall–Kier alpha value is -3.14. The van der Waals surface area contributed by atoms with E-state index < -0.39 is 0 Å². The summed E-state index contributed by atoms with van der Waals surface area (Å²) in [5.74, 6) is 1.40. The zero-order chi connectivity index (χ0) is 17.2. The van der Waals surface area contributed by atoms with Gasteiger partial charge in [-0.1, -0.05) is 0 Å². The maximum Gasteiger partial charge on any atom is 0.217 e. The molecule has 0 aliphatic carbocycles. The van der Waals surface area contributed by atoms with Gasteiger partial charge in [-0.05, 0) is 19.1 Å². The Morgan fingerprint density at radius 2 is 2.00 bits per heavy atom. The summed E-state index contributed by atoms with van der Waals surface area (Å²) in [7, 11) is 0. The van der Waals surface area contributed by atoms with Crippen molar-refractivity contribution in [2.45, 2.75) is 25.9 Å². The van der Waals surface area contributed by atoms with Crippen LogP contribution >= 0.6 is 0 Å². The standard InChI is InChI=1S/C18H18N6O/c1-13-2-3-14(12-19)18(21-13)23-9-5-15(6-10-23)25-17-7-11-24-16(22-17)4-8-20-24/h2-4,7-8,11,15H,5-6,9-10H2,1H3. The second-order valence-electron chi connectivity index (χ2n) is 6.14. The molecular formula is C18H18N6O. The van der Waals surface area contributed by atoms with Gasteiger partial charge in [-0.3, -0.25) is 0 Å². The predicted molar refractivity (Wildman–Crippen MR) is 92.5 cm³/mol. The molecular weight excluding hydrogens is 316 g/mol. The molecule has 1 fully saturated rings. The second kappa shape index (κ2) is 6.40. The van der Waals surface area contributed by atoms with Gasteiger partial charge in [0, 0.05) is 50.0 Å². The molecule has 3 aromatic heterocycles. The summed E-state index contributed by atoms with van der Waals surface area (Å²) in [4.78, 5) is 11.2. The van der Waals surface area contributed by atoms with Crippen molar-refractivity contribution >= 4 is 11.5 Å². The fraction of sp³-hybridized carbons (Fsp3) is 0.333. The number of hydrogen-bond acceptors (Lipinski definition) is 6. The Kier molecular flexibility index (Phi) is 3.94. The second-order valence-corrected chi connectivity index (χ2v) is 6.14. The Labute approximate surface area is 145 Å². The number of anilines is 1. The van der Waals surface area contributed by atoms with Crippen LogP contribution in [0.5, 0.6) is 5.88 Å². The van der Waals surface area contributed by atoms with Gasteiger partial charge >= 0.3 is 0 Å². The van der Waals surface area contributed by atoms with E-state index in [0.29, 0.717) is 11.4 Å². The van der Waals surface area contributed by atoms with Gasteiger partial charge in [0.2, 0.25) is 5.88 Å². The van der Waals surface area contributed by atoms with E-state index in [9.17, 15) is 5.26 Å². The van der Waals surface area contributed by atoms with Gasteiger partial charge in [0.05, 0.1) is 11.8 Å². The van der Waals surface area contributed by atoms with Crippen molar-refractivity contribution < 1.29 is 4.74 Å². The van der Waals surface area contributed by atoms with Gasteiger partial charge < -0.3 is 9.64 Å². The van der Waals surface area contributed by atoms with E-state index in [1.807, 2.05) is 37.4 Å². The molecule has 0 unspecified atom stereocenters. The van der Waals surface area contributed by atoms with Gasteiger partial charge in [0.1, 0.15) is 18.0 Å². The molecule has 1 aliphatic rings. The third kappa shape index (κ3) is 3.11. The van der Waals surface area contributed by atoms with Gasteiger partial charge in [-0.2, -0.15) is 15.3 Å². The molecule has 0 N–H and O–H groups in total. The first-order valence-electron chi connectivity index (χ1n) is 8.33. The lowest BCUT2D eigenvalue weighted by Crippen LogP contribution is -2.39. The number of fused-ring (bicyclic) bond motifs is 1. The molecule has 0 saturated carbocycles. The number of nitrogens with zero attached hydrogens (tertiary/aromatic N) is 6. The molecule has 1 aliphatic heterocycles. The maximum atomic E-state index is 9.30. The van der Waals surface area contributed by atoms with Crippen molar-refractivity contribution in [2.24, 2.45) is 0 Å². The SMILES string of the molecule is Cc1ccc(C#N)c(N2CCC(Oc3ccn4nccc4n3)CC2)n1. The molecule has 4 rings (SSSR count). The lowest BCUT2D eigenvalue weighted by molar-refractivity contribution is 0.164. The van der Waals surface area contributed by atoms with Crippen molar-refractivity contribution in [3.05, 3.63) is 47.9 Å². The lowest BCUT2D eigenvalue weighted by Gasteiger charge is -2.33. The van der Waals surface area contributed by atoms with Crippen LogP contribution in [0.3, 0.4) is 0 Å². The fourth-order valence-electron chi connectivity index (χ4n) is 3.09. The zero-order valence-electron chi connectivity index (χ0n) is 14.0. The zero-order valence-corrected chi connectivity index (χ0v) is 14.0. The monoisotopic (exact) mass is 334 g/mol. The Morgan fingerprint density at radius 3 is 2.80 bits per heavy atom. The predicted octanol–water partition coefficient (Wildman–Crippen LogP) is 2.35. The van der Waals surface area contributed by atoms with E-state index in [0.717, 1.165) is 43.1 Å². The van der Waals surface area contributed by atoms with Crippen LogP contribution in [0.25, 0.3) is 5.65 Å². The Balaban J connectivity index is 1.43. The van der Waals surface area contributed by atoms with E-state index >= 15 is 0 Å². The average molecular weight is 334 g/mol. The summed E-state index contributed by atoms with van der Waals surface area (Å²) in [6, 6.07) is 9.63. The number of piperidine rings is 1. The van der Waals surface area contributed by atoms with E-state index in [1.54, 1.807) is 10.7 Å². The molecule has 0 bridgehead atoms. The van der Waals surface area contributed by atoms with Crippen LogP contribution in [0.1, 0.15) is 24.1 Å². The highest BCUT2D eigenvalue weighted by Gasteiger charge is 2.23. The highest BCUT2D eigenvalue weighted by Crippen LogP contribution is 2.24. The number of rotatable bonds is 3. The smallest absolute Gasteiger partial charge is 0.217 e. The molecule has 7 heteroatoms. The number of nitriles is 1. The highest BCUT2D eigenvalue weighted by molar-refractivity contribution is 5.54. The van der Waals surface area contributed by atoms with Crippen molar-refractivity contribution in [2.75, 3.05) is 18.0 Å². The van der Waals surface area contributed by atoms with Crippen LogP contribution < -0.4 is 9.64 Å². The lowest BCUT2D eigenvalue weighted by atomic mass is 10.1. The summed E-state index contributed by atoms with van der Waals surface area (Å²) < 4.78 is 7.74. The summed E-state index contributed by atoms with van der Waals surface area (Å²) >= 11 is 0. The molecule has 7 nitrogen and oxygen atoms in total. The van der Waals surface area contributed by atoms with Crippen molar-refractivity contribution in [3.8, 4) is 11.9 Å². The van der Waals surface area contributed by atoms with E-state index in [1.165, 1.54) is 0 Å². The van der Waals surface area contributed by atoms with Crippen LogP contribution in [0.15, 0.2) is 36.7 Å². The molecule has 0 aromatic carbocycles. The van der Waals surface area contributed by atoms with Gasteiger partial charge in [-0.15, -0.1) is 0 Å². The summed E-state index contributed by atoms with van der Waals surface area (Å²) in [6.45, 7) is 3.56. The van der Waals surface area contributed by atoms with Crippen molar-refractivity contribution in [1.82, 2.24) is 19.6 Å². The van der Waals surface area contributed by atoms with Crippen LogP contribution in [0.2, 0.25) is 0 Å². The fourth-order valence-corrected chi connectivity index (χ4v) is 3.09. The molecule has 0 radical (unpaired) electrons. The maximum absolute atomic E-state index is 9.30. The molecule has 25 heavy (non-hydrogen) atoms. The quantitative estimate of drug-likeness (QED) is 0.731. The minimum absolute atomic E-state index is 0.115. The first-order chi connectivity index (χ1) is 12.2. The molecule has 4 heterocycles. The Morgan fingerprint density at radius 1 is 1.16 bits per heavy atom. The Bertz CT molecular complexity index is 936. The number of aromatic nitrogens is 4.